The van der Waals surface area contributed by atoms with Gasteiger partial charge < -0.3 is 15.0 Å². The number of likely N-dealkylation sites (N-methyl/N-ethyl adjacent to an activating group) is 1. The molecule has 1 N–H and O–H groups in total. The number of hydrogen-bond donors (Lipinski definition) is 1. The molecule has 108 valence electrons. The molecule has 0 saturated carbocycles. The summed E-state index contributed by atoms with van der Waals surface area (Å²) >= 11 is 0. The van der Waals surface area contributed by atoms with E-state index < -0.39 is 0 Å². The summed E-state index contributed by atoms with van der Waals surface area (Å²) in [6.07, 6.45) is 0.991. The van der Waals surface area contributed by atoms with E-state index in [0.717, 1.165) is 19.5 Å². The Morgan fingerprint density at radius 2 is 2.05 bits per heavy atom. The van der Waals surface area contributed by atoms with Crippen LogP contribution in [0, 0.1) is 0 Å². The normalized spacial score (nSPS) is 17.8. The van der Waals surface area contributed by atoms with Crippen molar-refractivity contribution in [2.75, 3.05) is 19.6 Å². The number of esters is 1. The van der Waals surface area contributed by atoms with Crippen LogP contribution in [-0.4, -0.2) is 42.5 Å². The van der Waals surface area contributed by atoms with Crippen LogP contribution >= 0.6 is 0 Å². The van der Waals surface area contributed by atoms with Gasteiger partial charge in [0.15, 0.2) is 0 Å². The molecular formula is C15H20N2O3. The first-order valence-electron chi connectivity index (χ1n) is 6.92. The van der Waals surface area contributed by atoms with E-state index in [1.807, 2.05) is 11.8 Å². The minimum absolute atomic E-state index is 0.0237. The Morgan fingerprint density at radius 1 is 1.35 bits per heavy atom. The van der Waals surface area contributed by atoms with Gasteiger partial charge in [0.05, 0.1) is 0 Å². The second-order valence-corrected chi connectivity index (χ2v) is 4.86. The number of hydrogen-bond acceptors (Lipinski definition) is 4. The van der Waals surface area contributed by atoms with Gasteiger partial charge in [0.25, 0.3) is 5.91 Å². The molecule has 1 amide bonds. The second-order valence-electron chi connectivity index (χ2n) is 4.86. The summed E-state index contributed by atoms with van der Waals surface area (Å²) in [5.74, 6) is 0.117. The van der Waals surface area contributed by atoms with Gasteiger partial charge in [-0.3, -0.25) is 9.59 Å². The highest BCUT2D eigenvalue weighted by molar-refractivity contribution is 5.94. The molecular weight excluding hydrogens is 256 g/mol. The molecule has 1 unspecified atom stereocenters. The van der Waals surface area contributed by atoms with Crippen molar-refractivity contribution < 1.29 is 14.3 Å². The Morgan fingerprint density at radius 3 is 2.55 bits per heavy atom. The Hall–Kier alpha value is -1.88. The number of carbonyl (C=O) groups excluding carboxylic acids is 2. The molecule has 1 aromatic carbocycles. The highest BCUT2D eigenvalue weighted by atomic mass is 16.5. The highest BCUT2D eigenvalue weighted by Gasteiger charge is 2.25. The summed E-state index contributed by atoms with van der Waals surface area (Å²) in [4.78, 5) is 25.2. The summed E-state index contributed by atoms with van der Waals surface area (Å²) in [5.41, 5.74) is 0.620. The van der Waals surface area contributed by atoms with Gasteiger partial charge in [-0.1, -0.05) is 0 Å². The Bertz CT molecular complexity index is 478. The predicted molar refractivity (Wildman–Crippen MR) is 75.7 cm³/mol. The number of amides is 1. The molecule has 0 spiro atoms. The molecule has 1 aromatic rings. The van der Waals surface area contributed by atoms with Crippen LogP contribution in [0.3, 0.4) is 0 Å². The third-order valence-corrected chi connectivity index (χ3v) is 3.44. The van der Waals surface area contributed by atoms with Gasteiger partial charge in [-0.05, 0) is 44.2 Å². The van der Waals surface area contributed by atoms with E-state index in [1.54, 1.807) is 24.3 Å². The number of benzene rings is 1. The van der Waals surface area contributed by atoms with Crippen LogP contribution in [0.25, 0.3) is 0 Å². The maximum Gasteiger partial charge on any atom is 0.308 e. The number of nitrogens with zero attached hydrogens (tertiary/aromatic N) is 1. The predicted octanol–water partition coefficient (Wildman–Crippen LogP) is 1.44. The van der Waals surface area contributed by atoms with Crippen LogP contribution in [0.5, 0.6) is 5.75 Å². The summed E-state index contributed by atoms with van der Waals surface area (Å²) < 4.78 is 4.96. The Balaban J connectivity index is 2.08. The summed E-state index contributed by atoms with van der Waals surface area (Å²) in [7, 11) is 0. The molecule has 5 nitrogen and oxygen atoms in total. The first-order valence-corrected chi connectivity index (χ1v) is 6.92. The zero-order chi connectivity index (χ0) is 14.5. The van der Waals surface area contributed by atoms with Gasteiger partial charge in [-0.15, -0.1) is 0 Å². The zero-order valence-electron chi connectivity index (χ0n) is 11.9. The maximum atomic E-state index is 12.5. The van der Waals surface area contributed by atoms with Gasteiger partial charge in [-0.25, -0.2) is 0 Å². The van der Waals surface area contributed by atoms with Crippen LogP contribution in [0.15, 0.2) is 24.3 Å². The van der Waals surface area contributed by atoms with Gasteiger partial charge in [0.2, 0.25) is 0 Å². The van der Waals surface area contributed by atoms with Crippen LogP contribution in [-0.2, 0) is 4.79 Å². The molecule has 1 aliphatic rings. The van der Waals surface area contributed by atoms with Crippen molar-refractivity contribution in [3.8, 4) is 5.75 Å². The van der Waals surface area contributed by atoms with E-state index in [1.165, 1.54) is 6.92 Å². The van der Waals surface area contributed by atoms with E-state index in [9.17, 15) is 9.59 Å². The van der Waals surface area contributed by atoms with Crippen molar-refractivity contribution in [2.45, 2.75) is 26.3 Å². The van der Waals surface area contributed by atoms with Crippen LogP contribution < -0.4 is 10.1 Å². The van der Waals surface area contributed by atoms with Crippen molar-refractivity contribution in [1.82, 2.24) is 10.2 Å². The molecule has 1 fully saturated rings. The lowest BCUT2D eigenvalue weighted by atomic mass is 10.1. The molecule has 0 aliphatic carbocycles. The van der Waals surface area contributed by atoms with Crippen molar-refractivity contribution in [1.29, 1.82) is 0 Å². The number of ether oxygens (including phenoxy) is 1. The quantitative estimate of drug-likeness (QED) is 0.668. The molecule has 1 aliphatic heterocycles. The fraction of sp³-hybridized carbons (Fsp3) is 0.467. The number of nitrogens with one attached hydrogen (secondary N) is 1. The fourth-order valence-corrected chi connectivity index (χ4v) is 2.47. The van der Waals surface area contributed by atoms with Crippen LogP contribution in [0.1, 0.15) is 30.6 Å². The molecule has 0 radical (unpaired) electrons. The molecule has 20 heavy (non-hydrogen) atoms. The van der Waals surface area contributed by atoms with Crippen molar-refractivity contribution >= 4 is 11.9 Å². The first kappa shape index (κ1) is 14.5. The Kier molecular flexibility index (Phi) is 4.74. The number of carbonyl (C=O) groups is 2. The lowest BCUT2D eigenvalue weighted by molar-refractivity contribution is -0.131. The third kappa shape index (κ3) is 3.36. The molecule has 0 aromatic heterocycles. The molecule has 1 atom stereocenters. The molecule has 1 heterocycles. The van der Waals surface area contributed by atoms with Crippen molar-refractivity contribution in [2.24, 2.45) is 0 Å². The average molecular weight is 276 g/mol. The largest absolute Gasteiger partial charge is 0.427 e. The highest BCUT2D eigenvalue weighted by Crippen LogP contribution is 2.17. The lowest BCUT2D eigenvalue weighted by Crippen LogP contribution is -2.41. The van der Waals surface area contributed by atoms with Gasteiger partial charge >= 0.3 is 5.97 Å². The number of rotatable bonds is 4. The Labute approximate surface area is 118 Å². The average Bonchev–Trinajstić information content (AvgIpc) is 2.93. The summed E-state index contributed by atoms with van der Waals surface area (Å²) in [5, 5.41) is 3.27. The van der Waals surface area contributed by atoms with E-state index in [0.29, 0.717) is 17.9 Å². The zero-order valence-corrected chi connectivity index (χ0v) is 11.9. The summed E-state index contributed by atoms with van der Waals surface area (Å²) in [6, 6.07) is 6.96. The van der Waals surface area contributed by atoms with Gasteiger partial charge in [0, 0.05) is 31.6 Å². The first-order chi connectivity index (χ1) is 9.61. The third-order valence-electron chi connectivity index (χ3n) is 3.44. The topological polar surface area (TPSA) is 58.6 Å². The fourth-order valence-electron chi connectivity index (χ4n) is 2.47. The van der Waals surface area contributed by atoms with E-state index >= 15 is 0 Å². The monoisotopic (exact) mass is 276 g/mol. The van der Waals surface area contributed by atoms with Crippen molar-refractivity contribution in [3.63, 3.8) is 0 Å². The second kappa shape index (κ2) is 6.52. The standard InChI is InChI=1S/C15H20N2O3/c1-3-17(13-8-9-16-10-13)15(19)12-4-6-14(7-5-12)20-11(2)18/h4-7,13,16H,3,8-10H2,1-2H3. The minimum atomic E-state index is -0.365. The van der Waals surface area contributed by atoms with Crippen LogP contribution in [0.2, 0.25) is 0 Å². The van der Waals surface area contributed by atoms with E-state index in [-0.39, 0.29) is 17.9 Å². The van der Waals surface area contributed by atoms with Gasteiger partial charge in [-0.2, -0.15) is 0 Å². The minimum Gasteiger partial charge on any atom is -0.427 e. The summed E-state index contributed by atoms with van der Waals surface area (Å²) in [6.45, 7) is 5.84. The molecule has 1 saturated heterocycles. The smallest absolute Gasteiger partial charge is 0.308 e. The SMILES string of the molecule is CCN(C(=O)c1ccc(OC(C)=O)cc1)C1CCNC1. The van der Waals surface area contributed by atoms with E-state index in [2.05, 4.69) is 5.32 Å². The van der Waals surface area contributed by atoms with Crippen LogP contribution in [0.4, 0.5) is 0 Å². The van der Waals surface area contributed by atoms with Gasteiger partial charge in [0.1, 0.15) is 5.75 Å². The van der Waals surface area contributed by atoms with Crippen molar-refractivity contribution in [3.05, 3.63) is 29.8 Å². The van der Waals surface area contributed by atoms with E-state index in [4.69, 9.17) is 4.74 Å². The lowest BCUT2D eigenvalue weighted by Gasteiger charge is -2.27. The molecule has 5 heteroatoms. The maximum absolute atomic E-state index is 12.5. The molecule has 2 rings (SSSR count). The molecule has 0 bridgehead atoms.